The van der Waals surface area contributed by atoms with Gasteiger partial charge in [-0.25, -0.2) is 0 Å². The fourth-order valence-electron chi connectivity index (χ4n) is 1.71. The third-order valence-electron chi connectivity index (χ3n) is 2.33. The van der Waals surface area contributed by atoms with Crippen LogP contribution >= 0.6 is 11.3 Å². The zero-order valence-electron chi connectivity index (χ0n) is 9.78. The molecule has 0 saturated carbocycles. The Labute approximate surface area is 104 Å². The Balaban J connectivity index is 2.18. The first-order valence-electron chi connectivity index (χ1n) is 5.29. The third-order valence-corrected chi connectivity index (χ3v) is 3.24. The number of carbonyl (C=O) groups excluding carboxylic acids is 1. The molecule has 0 aliphatic carbocycles. The second-order valence-electron chi connectivity index (χ2n) is 4.03. The average molecular weight is 246 g/mol. The molecule has 3 nitrogen and oxygen atoms in total. The van der Waals surface area contributed by atoms with Gasteiger partial charge in [0.05, 0.1) is 9.88 Å². The van der Waals surface area contributed by atoms with Gasteiger partial charge in [-0.05, 0) is 49.2 Å². The van der Waals surface area contributed by atoms with Gasteiger partial charge in [0.1, 0.15) is 0 Å². The van der Waals surface area contributed by atoms with Crippen molar-refractivity contribution >= 4 is 27.9 Å². The highest BCUT2D eigenvalue weighted by atomic mass is 32.1. The van der Waals surface area contributed by atoms with Crippen molar-refractivity contribution in [1.29, 1.82) is 0 Å². The normalized spacial score (nSPS) is 10.2. The molecular weight excluding hydrogens is 232 g/mol. The molecule has 17 heavy (non-hydrogen) atoms. The first kappa shape index (κ1) is 11.7. The number of anilines is 2. The summed E-state index contributed by atoms with van der Waals surface area (Å²) in [6.45, 7) is 4.01. The van der Waals surface area contributed by atoms with Crippen LogP contribution in [-0.4, -0.2) is 5.91 Å². The molecule has 2 aromatic rings. The zero-order valence-corrected chi connectivity index (χ0v) is 10.6. The summed E-state index contributed by atoms with van der Waals surface area (Å²) in [6.07, 6.45) is 0. The number of rotatable bonds is 2. The molecular formula is C13H14N2OS. The summed E-state index contributed by atoms with van der Waals surface area (Å²) in [6, 6.07) is 9.43. The average Bonchev–Trinajstić information content (AvgIpc) is 2.63. The van der Waals surface area contributed by atoms with Crippen molar-refractivity contribution in [2.75, 3.05) is 11.1 Å². The van der Waals surface area contributed by atoms with E-state index in [1.54, 1.807) is 12.1 Å². The van der Waals surface area contributed by atoms with Crippen LogP contribution < -0.4 is 11.1 Å². The Hall–Kier alpha value is -1.81. The number of carbonyl (C=O) groups is 1. The Kier molecular flexibility index (Phi) is 3.15. The number of aryl methyl sites for hydroxylation is 2. The summed E-state index contributed by atoms with van der Waals surface area (Å²) < 4.78 is 0. The quantitative estimate of drug-likeness (QED) is 0.855. The molecule has 1 amide bonds. The van der Waals surface area contributed by atoms with Crippen LogP contribution in [-0.2, 0) is 0 Å². The summed E-state index contributed by atoms with van der Waals surface area (Å²) in [5.41, 5.74) is 8.68. The summed E-state index contributed by atoms with van der Waals surface area (Å²) in [5, 5.41) is 3.52. The van der Waals surface area contributed by atoms with Gasteiger partial charge < -0.3 is 11.1 Å². The largest absolute Gasteiger partial charge is 0.391 e. The fraction of sp³-hybridized carbons (Fsp3) is 0.154. The molecule has 4 heteroatoms. The highest BCUT2D eigenvalue weighted by Gasteiger charge is 2.08. The number of amides is 1. The molecule has 0 aliphatic rings. The number of nitrogen functional groups attached to an aromatic ring is 1. The Morgan fingerprint density at radius 3 is 2.35 bits per heavy atom. The number of hydrogen-bond acceptors (Lipinski definition) is 3. The monoisotopic (exact) mass is 246 g/mol. The second-order valence-corrected chi connectivity index (χ2v) is 5.15. The highest BCUT2D eigenvalue weighted by Crippen LogP contribution is 2.20. The predicted octanol–water partition coefficient (Wildman–Crippen LogP) is 3.20. The van der Waals surface area contributed by atoms with Crippen molar-refractivity contribution in [2.45, 2.75) is 13.8 Å². The molecule has 0 unspecified atom stereocenters. The number of nitrogens with two attached hydrogens (primary N) is 1. The van der Waals surface area contributed by atoms with Gasteiger partial charge in [0.15, 0.2) is 0 Å². The topological polar surface area (TPSA) is 55.1 Å². The smallest absolute Gasteiger partial charge is 0.265 e. The van der Waals surface area contributed by atoms with Gasteiger partial charge in [-0.15, -0.1) is 11.3 Å². The fourth-order valence-corrected chi connectivity index (χ4v) is 2.38. The van der Waals surface area contributed by atoms with Crippen molar-refractivity contribution in [3.8, 4) is 0 Å². The maximum Gasteiger partial charge on any atom is 0.265 e. The summed E-state index contributed by atoms with van der Waals surface area (Å²) in [7, 11) is 0. The lowest BCUT2D eigenvalue weighted by atomic mass is 10.1. The maximum absolute atomic E-state index is 11.9. The van der Waals surface area contributed by atoms with Gasteiger partial charge in [-0.1, -0.05) is 6.07 Å². The molecule has 0 radical (unpaired) electrons. The standard InChI is InChI=1S/C13H14N2OS/c1-8-5-9(2)7-10(6-8)15-13(16)11-3-4-12(14)17-11/h3-7H,14H2,1-2H3,(H,15,16). The number of thiophene rings is 1. The van der Waals surface area contributed by atoms with Crippen molar-refractivity contribution in [1.82, 2.24) is 0 Å². The van der Waals surface area contributed by atoms with E-state index in [0.717, 1.165) is 16.8 Å². The Bertz CT molecular complexity index is 540. The van der Waals surface area contributed by atoms with E-state index in [1.165, 1.54) is 11.3 Å². The van der Waals surface area contributed by atoms with Gasteiger partial charge in [0.25, 0.3) is 5.91 Å². The first-order valence-corrected chi connectivity index (χ1v) is 6.11. The minimum Gasteiger partial charge on any atom is -0.391 e. The van der Waals surface area contributed by atoms with Crippen LogP contribution in [0, 0.1) is 13.8 Å². The summed E-state index contributed by atoms with van der Waals surface area (Å²) in [5.74, 6) is -0.114. The van der Waals surface area contributed by atoms with Gasteiger partial charge in [0.2, 0.25) is 0 Å². The van der Waals surface area contributed by atoms with E-state index in [0.29, 0.717) is 9.88 Å². The maximum atomic E-state index is 11.9. The molecule has 1 aromatic carbocycles. The molecule has 88 valence electrons. The molecule has 0 bridgehead atoms. The summed E-state index contributed by atoms with van der Waals surface area (Å²) in [4.78, 5) is 12.5. The molecule has 3 N–H and O–H groups in total. The lowest BCUT2D eigenvalue weighted by Crippen LogP contribution is -2.10. The van der Waals surface area contributed by atoms with Crippen LogP contribution in [0.25, 0.3) is 0 Å². The highest BCUT2D eigenvalue weighted by molar-refractivity contribution is 7.17. The van der Waals surface area contributed by atoms with Crippen LogP contribution in [0.15, 0.2) is 30.3 Å². The molecule has 0 aliphatic heterocycles. The van der Waals surface area contributed by atoms with Crippen LogP contribution in [0.3, 0.4) is 0 Å². The SMILES string of the molecule is Cc1cc(C)cc(NC(=O)c2ccc(N)s2)c1. The minimum atomic E-state index is -0.114. The van der Waals surface area contributed by atoms with Crippen molar-refractivity contribution in [3.05, 3.63) is 46.3 Å². The van der Waals surface area contributed by atoms with Crippen molar-refractivity contribution < 1.29 is 4.79 Å². The first-order chi connectivity index (χ1) is 8.04. The van der Waals surface area contributed by atoms with Gasteiger partial charge in [0, 0.05) is 5.69 Å². The molecule has 1 aromatic heterocycles. The predicted molar refractivity (Wildman–Crippen MR) is 72.6 cm³/mol. The van der Waals surface area contributed by atoms with Crippen LogP contribution in [0.4, 0.5) is 10.7 Å². The minimum absolute atomic E-state index is 0.114. The van der Waals surface area contributed by atoms with Crippen LogP contribution in [0.2, 0.25) is 0 Å². The number of hydrogen-bond donors (Lipinski definition) is 2. The van der Waals surface area contributed by atoms with Crippen molar-refractivity contribution in [3.63, 3.8) is 0 Å². The van der Waals surface area contributed by atoms with E-state index in [2.05, 4.69) is 11.4 Å². The molecule has 0 spiro atoms. The second kappa shape index (κ2) is 4.59. The van der Waals surface area contributed by atoms with Crippen molar-refractivity contribution in [2.24, 2.45) is 0 Å². The molecule has 0 atom stereocenters. The molecule has 0 fully saturated rings. The van der Waals surface area contributed by atoms with Gasteiger partial charge in [-0.3, -0.25) is 4.79 Å². The molecule has 2 rings (SSSR count). The van der Waals surface area contributed by atoms with E-state index >= 15 is 0 Å². The Morgan fingerprint density at radius 2 is 1.82 bits per heavy atom. The van der Waals surface area contributed by atoms with E-state index in [4.69, 9.17) is 5.73 Å². The van der Waals surface area contributed by atoms with E-state index in [9.17, 15) is 4.79 Å². The van der Waals surface area contributed by atoms with E-state index < -0.39 is 0 Å². The lowest BCUT2D eigenvalue weighted by Gasteiger charge is -2.06. The van der Waals surface area contributed by atoms with Gasteiger partial charge in [-0.2, -0.15) is 0 Å². The van der Waals surface area contributed by atoms with Gasteiger partial charge >= 0.3 is 0 Å². The zero-order chi connectivity index (χ0) is 12.4. The summed E-state index contributed by atoms with van der Waals surface area (Å²) >= 11 is 1.29. The molecule has 0 saturated heterocycles. The van der Waals surface area contributed by atoms with E-state index in [-0.39, 0.29) is 5.91 Å². The third kappa shape index (κ3) is 2.85. The number of benzene rings is 1. The van der Waals surface area contributed by atoms with Crippen LogP contribution in [0.5, 0.6) is 0 Å². The Morgan fingerprint density at radius 1 is 1.18 bits per heavy atom. The van der Waals surface area contributed by atoms with E-state index in [1.807, 2.05) is 26.0 Å². The van der Waals surface area contributed by atoms with Crippen LogP contribution in [0.1, 0.15) is 20.8 Å². The lowest BCUT2D eigenvalue weighted by molar-refractivity contribution is 0.103. The molecule has 1 heterocycles. The number of nitrogens with one attached hydrogen (secondary N) is 1.